The molecule has 2 nitrogen and oxygen atoms in total. The minimum atomic E-state index is -0.204. The van der Waals surface area contributed by atoms with E-state index in [0.717, 1.165) is 37.6 Å². The van der Waals surface area contributed by atoms with Crippen LogP contribution < -0.4 is 0 Å². The van der Waals surface area contributed by atoms with Crippen LogP contribution >= 0.6 is 39.1 Å². The van der Waals surface area contributed by atoms with Gasteiger partial charge in [-0.3, -0.25) is 4.57 Å². The van der Waals surface area contributed by atoms with Crippen LogP contribution in [-0.2, 0) is 0 Å². The predicted molar refractivity (Wildman–Crippen MR) is 92.8 cm³/mol. The molecule has 1 atom stereocenters. The fourth-order valence-electron chi connectivity index (χ4n) is 2.37. The third-order valence-electron chi connectivity index (χ3n) is 3.41. The Balaban J connectivity index is 2.38. The summed E-state index contributed by atoms with van der Waals surface area (Å²) in [6.07, 6.45) is 0. The van der Waals surface area contributed by atoms with Gasteiger partial charge in [0.15, 0.2) is 0 Å². The van der Waals surface area contributed by atoms with Crippen molar-refractivity contribution in [1.29, 1.82) is 0 Å². The van der Waals surface area contributed by atoms with Crippen molar-refractivity contribution >= 4 is 50.2 Å². The highest BCUT2D eigenvalue weighted by Gasteiger charge is 2.18. The molecule has 5 heteroatoms. The Labute approximate surface area is 141 Å². The first-order valence-corrected chi connectivity index (χ1v) is 8.17. The summed E-state index contributed by atoms with van der Waals surface area (Å²) >= 11 is 16.2. The number of alkyl halides is 1. The van der Waals surface area contributed by atoms with Crippen molar-refractivity contribution in [2.24, 2.45) is 0 Å². The summed E-state index contributed by atoms with van der Waals surface area (Å²) in [4.78, 5) is 4.65. The number of imidazole rings is 1. The first-order chi connectivity index (χ1) is 9.99. The molecular formula is C16H13BrCl2N2. The van der Waals surface area contributed by atoms with Gasteiger partial charge in [-0.15, -0.1) is 11.6 Å². The van der Waals surface area contributed by atoms with Crippen LogP contribution in [0.3, 0.4) is 0 Å². The number of fused-ring (bicyclic) bond motifs is 1. The van der Waals surface area contributed by atoms with E-state index in [9.17, 15) is 0 Å². The summed E-state index contributed by atoms with van der Waals surface area (Å²) in [5.41, 5.74) is 3.91. The molecule has 1 heterocycles. The van der Waals surface area contributed by atoms with E-state index in [1.807, 2.05) is 50.2 Å². The fourth-order valence-corrected chi connectivity index (χ4v) is 3.31. The maximum Gasteiger partial charge on any atom is 0.132 e. The molecule has 0 aliphatic heterocycles. The zero-order chi connectivity index (χ0) is 15.1. The molecule has 1 aromatic heterocycles. The Morgan fingerprint density at radius 1 is 1.24 bits per heavy atom. The van der Waals surface area contributed by atoms with Crippen molar-refractivity contribution in [3.05, 3.63) is 57.3 Å². The minimum Gasteiger partial charge on any atom is -0.294 e. The van der Waals surface area contributed by atoms with Gasteiger partial charge in [-0.2, -0.15) is 0 Å². The van der Waals surface area contributed by atoms with Crippen molar-refractivity contribution in [2.45, 2.75) is 19.2 Å². The van der Waals surface area contributed by atoms with E-state index in [1.54, 1.807) is 0 Å². The van der Waals surface area contributed by atoms with Gasteiger partial charge >= 0.3 is 0 Å². The lowest BCUT2D eigenvalue weighted by Gasteiger charge is -2.14. The SMILES string of the molecule is Cc1cc(Br)c(-n2c(C(C)Cl)nc3ccccc32)cc1Cl. The van der Waals surface area contributed by atoms with E-state index in [2.05, 4.69) is 25.5 Å². The molecular weight excluding hydrogens is 371 g/mol. The molecule has 3 aromatic rings. The zero-order valence-corrected chi connectivity index (χ0v) is 14.7. The van der Waals surface area contributed by atoms with Crippen LogP contribution in [0.15, 0.2) is 40.9 Å². The van der Waals surface area contributed by atoms with Crippen LogP contribution in [0.25, 0.3) is 16.7 Å². The van der Waals surface area contributed by atoms with Crippen LogP contribution in [0.5, 0.6) is 0 Å². The van der Waals surface area contributed by atoms with Gasteiger partial charge in [0.25, 0.3) is 0 Å². The molecule has 0 aliphatic rings. The molecule has 0 aliphatic carbocycles. The Hall–Kier alpha value is -1.03. The largest absolute Gasteiger partial charge is 0.294 e. The van der Waals surface area contributed by atoms with Gasteiger partial charge in [0.2, 0.25) is 0 Å². The van der Waals surface area contributed by atoms with Gasteiger partial charge < -0.3 is 0 Å². The van der Waals surface area contributed by atoms with E-state index >= 15 is 0 Å². The Kier molecular flexibility index (Phi) is 4.00. The molecule has 1 unspecified atom stereocenters. The van der Waals surface area contributed by atoms with Gasteiger partial charge in [-0.1, -0.05) is 23.7 Å². The topological polar surface area (TPSA) is 17.8 Å². The van der Waals surface area contributed by atoms with Crippen LogP contribution in [0.2, 0.25) is 5.02 Å². The number of hydrogen-bond acceptors (Lipinski definition) is 1. The number of nitrogens with zero attached hydrogens (tertiary/aromatic N) is 2. The molecule has 2 aromatic carbocycles. The van der Waals surface area contributed by atoms with E-state index in [4.69, 9.17) is 23.2 Å². The van der Waals surface area contributed by atoms with E-state index in [1.165, 1.54) is 0 Å². The van der Waals surface area contributed by atoms with Gasteiger partial charge in [-0.25, -0.2) is 4.98 Å². The Bertz CT molecular complexity index is 825. The van der Waals surface area contributed by atoms with Gasteiger partial charge in [0.05, 0.1) is 22.1 Å². The van der Waals surface area contributed by atoms with E-state index in [-0.39, 0.29) is 5.38 Å². The monoisotopic (exact) mass is 382 g/mol. The number of halogens is 3. The zero-order valence-electron chi connectivity index (χ0n) is 11.6. The fraction of sp³-hybridized carbons (Fsp3) is 0.188. The maximum atomic E-state index is 6.32. The molecule has 0 spiro atoms. The van der Waals surface area contributed by atoms with Gasteiger partial charge in [0, 0.05) is 9.50 Å². The van der Waals surface area contributed by atoms with Crippen LogP contribution in [0.1, 0.15) is 23.7 Å². The minimum absolute atomic E-state index is 0.204. The van der Waals surface area contributed by atoms with Crippen molar-refractivity contribution in [3.63, 3.8) is 0 Å². The third kappa shape index (κ3) is 2.59. The molecule has 0 bridgehead atoms. The average molecular weight is 384 g/mol. The number of benzene rings is 2. The molecule has 0 fully saturated rings. The summed E-state index contributed by atoms with van der Waals surface area (Å²) in [6, 6.07) is 11.9. The number of hydrogen-bond donors (Lipinski definition) is 0. The predicted octanol–water partition coefficient (Wildman–Crippen LogP) is 6.05. The summed E-state index contributed by atoms with van der Waals surface area (Å²) < 4.78 is 3.02. The first-order valence-electron chi connectivity index (χ1n) is 6.56. The molecule has 3 rings (SSSR count). The summed E-state index contributed by atoms with van der Waals surface area (Å²) in [5, 5.41) is 0.517. The lowest BCUT2D eigenvalue weighted by molar-refractivity contribution is 0.880. The molecule has 0 amide bonds. The van der Waals surface area contributed by atoms with Crippen LogP contribution in [0, 0.1) is 6.92 Å². The highest BCUT2D eigenvalue weighted by Crippen LogP contribution is 2.34. The van der Waals surface area contributed by atoms with Crippen molar-refractivity contribution in [3.8, 4) is 5.69 Å². The van der Waals surface area contributed by atoms with Crippen molar-refractivity contribution < 1.29 is 0 Å². The summed E-state index contributed by atoms with van der Waals surface area (Å²) in [5.74, 6) is 0.804. The van der Waals surface area contributed by atoms with Crippen molar-refractivity contribution in [1.82, 2.24) is 9.55 Å². The molecule has 0 saturated carbocycles. The number of aryl methyl sites for hydroxylation is 1. The number of aromatic nitrogens is 2. The van der Waals surface area contributed by atoms with E-state index < -0.39 is 0 Å². The number of rotatable bonds is 2. The lowest BCUT2D eigenvalue weighted by atomic mass is 10.2. The maximum absolute atomic E-state index is 6.32. The Morgan fingerprint density at radius 3 is 2.67 bits per heavy atom. The summed E-state index contributed by atoms with van der Waals surface area (Å²) in [6.45, 7) is 3.90. The van der Waals surface area contributed by atoms with Crippen LogP contribution in [0.4, 0.5) is 0 Å². The van der Waals surface area contributed by atoms with Gasteiger partial charge in [0.1, 0.15) is 5.82 Å². The lowest BCUT2D eigenvalue weighted by Crippen LogP contribution is -2.03. The van der Waals surface area contributed by atoms with Gasteiger partial charge in [-0.05, 0) is 59.6 Å². The highest BCUT2D eigenvalue weighted by molar-refractivity contribution is 9.10. The Morgan fingerprint density at radius 2 is 1.95 bits per heavy atom. The number of para-hydroxylation sites is 2. The highest BCUT2D eigenvalue weighted by atomic mass is 79.9. The van der Waals surface area contributed by atoms with Crippen LogP contribution in [-0.4, -0.2) is 9.55 Å². The van der Waals surface area contributed by atoms with Crippen molar-refractivity contribution in [2.75, 3.05) is 0 Å². The molecule has 0 radical (unpaired) electrons. The smallest absolute Gasteiger partial charge is 0.132 e. The second kappa shape index (κ2) is 5.64. The molecule has 21 heavy (non-hydrogen) atoms. The van der Waals surface area contributed by atoms with E-state index in [0.29, 0.717) is 0 Å². The second-order valence-electron chi connectivity index (χ2n) is 4.96. The third-order valence-corrected chi connectivity index (χ3v) is 4.65. The quantitative estimate of drug-likeness (QED) is 0.492. The molecule has 108 valence electrons. The standard InChI is InChI=1S/C16H13BrCl2N2/c1-9-7-11(17)15(8-12(9)19)21-14-6-4-3-5-13(14)20-16(21)10(2)18/h3-8,10H,1-2H3. The first kappa shape index (κ1) is 14.9. The molecule has 0 saturated heterocycles. The normalized spacial score (nSPS) is 12.8. The second-order valence-corrected chi connectivity index (χ2v) is 6.88. The average Bonchev–Trinajstić information content (AvgIpc) is 2.82. The summed E-state index contributed by atoms with van der Waals surface area (Å²) in [7, 11) is 0. The molecule has 0 N–H and O–H groups in total.